The fourth-order valence-electron chi connectivity index (χ4n) is 1.45. The van der Waals surface area contributed by atoms with Crippen molar-refractivity contribution in [3.05, 3.63) is 57.2 Å². The fourth-order valence-corrected chi connectivity index (χ4v) is 1.67. The molecule has 0 fully saturated rings. The molecule has 0 unspecified atom stereocenters. The van der Waals surface area contributed by atoms with Crippen molar-refractivity contribution in [1.82, 2.24) is 9.78 Å². The van der Waals surface area contributed by atoms with E-state index in [1.165, 1.54) is 6.20 Å². The highest BCUT2D eigenvalue weighted by molar-refractivity contribution is 6.32. The Morgan fingerprint density at radius 2 is 2.06 bits per heavy atom. The summed E-state index contributed by atoms with van der Waals surface area (Å²) < 4.78 is 1.16. The van der Waals surface area contributed by atoms with Gasteiger partial charge in [0.05, 0.1) is 11.3 Å². The SMILES string of the molecule is O=C(Cn1cc(Cl)c([N+](=O)[O-])n1)c1ccccc1. The number of nitro groups is 1. The molecule has 0 bridgehead atoms. The summed E-state index contributed by atoms with van der Waals surface area (Å²) in [4.78, 5) is 21.7. The lowest BCUT2D eigenvalue weighted by Gasteiger charge is -1.97. The molecule has 6 nitrogen and oxygen atoms in total. The van der Waals surface area contributed by atoms with Gasteiger partial charge in [-0.15, -0.1) is 0 Å². The number of rotatable bonds is 4. The Kier molecular flexibility index (Phi) is 3.38. The maximum Gasteiger partial charge on any atom is 0.408 e. The molecule has 1 aromatic heterocycles. The van der Waals surface area contributed by atoms with Crippen LogP contribution in [0.5, 0.6) is 0 Å². The monoisotopic (exact) mass is 265 g/mol. The van der Waals surface area contributed by atoms with Crippen LogP contribution in [-0.4, -0.2) is 20.5 Å². The van der Waals surface area contributed by atoms with Crippen LogP contribution in [0.3, 0.4) is 0 Å². The number of carbonyl (C=O) groups excluding carboxylic acids is 1. The first-order valence-electron chi connectivity index (χ1n) is 5.03. The van der Waals surface area contributed by atoms with Crippen LogP contribution in [0.4, 0.5) is 5.82 Å². The lowest BCUT2D eigenvalue weighted by Crippen LogP contribution is -2.11. The van der Waals surface area contributed by atoms with E-state index in [1.807, 2.05) is 0 Å². The zero-order chi connectivity index (χ0) is 13.1. The molecular weight excluding hydrogens is 258 g/mol. The van der Waals surface area contributed by atoms with Crippen LogP contribution in [-0.2, 0) is 6.54 Å². The van der Waals surface area contributed by atoms with Gasteiger partial charge in [-0.1, -0.05) is 41.9 Å². The predicted octanol–water partition coefficient (Wildman–Crippen LogP) is 2.33. The number of benzene rings is 1. The first-order valence-corrected chi connectivity index (χ1v) is 5.41. The highest BCUT2D eigenvalue weighted by atomic mass is 35.5. The zero-order valence-electron chi connectivity index (χ0n) is 9.12. The van der Waals surface area contributed by atoms with E-state index < -0.39 is 10.7 Å². The van der Waals surface area contributed by atoms with Crippen LogP contribution in [0.1, 0.15) is 10.4 Å². The summed E-state index contributed by atoms with van der Waals surface area (Å²) in [6.07, 6.45) is 1.26. The van der Waals surface area contributed by atoms with Crippen LogP contribution >= 0.6 is 11.6 Å². The maximum atomic E-state index is 11.8. The van der Waals surface area contributed by atoms with Crippen LogP contribution in [0.15, 0.2) is 36.5 Å². The van der Waals surface area contributed by atoms with Gasteiger partial charge >= 0.3 is 5.82 Å². The second kappa shape index (κ2) is 4.97. The molecule has 7 heteroatoms. The third kappa shape index (κ3) is 2.54. The molecule has 0 spiro atoms. The molecule has 0 saturated heterocycles. The van der Waals surface area contributed by atoms with E-state index >= 15 is 0 Å². The van der Waals surface area contributed by atoms with Crippen LogP contribution < -0.4 is 0 Å². The molecular formula is C11H8ClN3O3. The average molecular weight is 266 g/mol. The molecule has 0 aliphatic rings. The smallest absolute Gasteiger partial charge is 0.358 e. The number of hydrogen-bond acceptors (Lipinski definition) is 4. The largest absolute Gasteiger partial charge is 0.408 e. The van der Waals surface area contributed by atoms with Gasteiger partial charge in [0.1, 0.15) is 6.54 Å². The van der Waals surface area contributed by atoms with Crippen molar-refractivity contribution in [2.24, 2.45) is 0 Å². The lowest BCUT2D eigenvalue weighted by molar-refractivity contribution is -0.389. The number of carbonyl (C=O) groups is 1. The van der Waals surface area contributed by atoms with E-state index in [1.54, 1.807) is 30.3 Å². The Morgan fingerprint density at radius 3 is 2.61 bits per heavy atom. The van der Waals surface area contributed by atoms with E-state index in [0.29, 0.717) is 5.56 Å². The highest BCUT2D eigenvalue weighted by Crippen LogP contribution is 2.21. The van der Waals surface area contributed by atoms with Gasteiger partial charge in [-0.25, -0.2) is 0 Å². The standard InChI is InChI=1S/C11H8ClN3O3/c12-9-6-14(13-11(9)15(17)18)7-10(16)8-4-2-1-3-5-8/h1-6H,7H2. The first kappa shape index (κ1) is 12.3. The number of aromatic nitrogens is 2. The van der Waals surface area contributed by atoms with Gasteiger partial charge in [0.15, 0.2) is 10.8 Å². The third-order valence-electron chi connectivity index (χ3n) is 2.27. The van der Waals surface area contributed by atoms with Gasteiger partial charge in [-0.3, -0.25) is 4.79 Å². The van der Waals surface area contributed by atoms with Gasteiger partial charge in [0.25, 0.3) is 0 Å². The van der Waals surface area contributed by atoms with Crippen molar-refractivity contribution in [2.45, 2.75) is 6.54 Å². The molecule has 0 N–H and O–H groups in total. The molecule has 2 aromatic rings. The summed E-state index contributed by atoms with van der Waals surface area (Å²) in [5.74, 6) is -0.637. The number of halogens is 1. The number of hydrogen-bond donors (Lipinski definition) is 0. The normalized spacial score (nSPS) is 10.3. The molecule has 0 saturated carbocycles. The minimum Gasteiger partial charge on any atom is -0.358 e. The summed E-state index contributed by atoms with van der Waals surface area (Å²) in [5.41, 5.74) is 0.520. The van der Waals surface area contributed by atoms with Gasteiger partial charge in [0.2, 0.25) is 0 Å². The summed E-state index contributed by atoms with van der Waals surface area (Å²) in [7, 11) is 0. The Hall–Kier alpha value is -2.21. The first-order chi connectivity index (χ1) is 8.58. The van der Waals surface area contributed by atoms with Gasteiger partial charge in [-0.2, -0.15) is 4.68 Å². The van der Waals surface area contributed by atoms with Crippen LogP contribution in [0.2, 0.25) is 5.02 Å². The van der Waals surface area contributed by atoms with Crippen molar-refractivity contribution >= 4 is 23.2 Å². The van der Waals surface area contributed by atoms with Crippen molar-refractivity contribution in [3.8, 4) is 0 Å². The summed E-state index contributed by atoms with van der Waals surface area (Å²) in [5, 5.41) is 14.1. The average Bonchev–Trinajstić information content (AvgIpc) is 2.71. The molecule has 0 atom stereocenters. The lowest BCUT2D eigenvalue weighted by atomic mass is 10.1. The predicted molar refractivity (Wildman–Crippen MR) is 64.7 cm³/mol. The molecule has 0 aliphatic carbocycles. The summed E-state index contributed by atoms with van der Waals surface area (Å²) >= 11 is 5.63. The van der Waals surface area contributed by atoms with Gasteiger partial charge in [-0.05, 0) is 4.92 Å². The fraction of sp³-hybridized carbons (Fsp3) is 0.0909. The molecule has 2 rings (SSSR count). The number of ketones is 1. The van der Waals surface area contributed by atoms with E-state index in [9.17, 15) is 14.9 Å². The highest BCUT2D eigenvalue weighted by Gasteiger charge is 2.20. The van der Waals surface area contributed by atoms with E-state index in [0.717, 1.165) is 4.68 Å². The van der Waals surface area contributed by atoms with Crippen molar-refractivity contribution in [1.29, 1.82) is 0 Å². The molecule has 0 radical (unpaired) electrons. The molecule has 18 heavy (non-hydrogen) atoms. The Bertz CT molecular complexity index is 595. The van der Waals surface area contributed by atoms with Crippen molar-refractivity contribution in [2.75, 3.05) is 0 Å². The van der Waals surface area contributed by atoms with Gasteiger partial charge < -0.3 is 10.1 Å². The summed E-state index contributed by atoms with van der Waals surface area (Å²) in [6.45, 7) is -0.0857. The Labute approximate surface area is 107 Å². The Balaban J connectivity index is 2.18. The topological polar surface area (TPSA) is 78.0 Å². The van der Waals surface area contributed by atoms with E-state index in [4.69, 9.17) is 11.6 Å². The zero-order valence-corrected chi connectivity index (χ0v) is 9.87. The summed E-state index contributed by atoms with van der Waals surface area (Å²) in [6, 6.07) is 8.62. The molecule has 0 aliphatic heterocycles. The molecule has 92 valence electrons. The van der Waals surface area contributed by atoms with Crippen molar-refractivity contribution < 1.29 is 9.72 Å². The van der Waals surface area contributed by atoms with Crippen LogP contribution in [0, 0.1) is 10.1 Å². The second-order valence-electron chi connectivity index (χ2n) is 3.54. The molecule has 0 amide bonds. The minimum absolute atomic E-state index is 0.0825. The molecule has 1 aromatic carbocycles. The van der Waals surface area contributed by atoms with E-state index in [2.05, 4.69) is 5.10 Å². The second-order valence-corrected chi connectivity index (χ2v) is 3.95. The van der Waals surface area contributed by atoms with Gasteiger partial charge in [0, 0.05) is 5.56 Å². The third-order valence-corrected chi connectivity index (χ3v) is 2.54. The number of nitrogens with zero attached hydrogens (tertiary/aromatic N) is 3. The van der Waals surface area contributed by atoms with E-state index in [-0.39, 0.29) is 17.4 Å². The quantitative estimate of drug-likeness (QED) is 0.483. The minimum atomic E-state index is -0.689. The van der Waals surface area contributed by atoms with Crippen LogP contribution in [0.25, 0.3) is 0 Å². The molecule has 1 heterocycles. The number of Topliss-reactive ketones (excluding diaryl/α,β-unsaturated/α-hetero) is 1. The van der Waals surface area contributed by atoms with Crippen molar-refractivity contribution in [3.63, 3.8) is 0 Å². The maximum absolute atomic E-state index is 11.8. The Morgan fingerprint density at radius 1 is 1.39 bits per heavy atom.